The van der Waals surface area contributed by atoms with Crippen molar-refractivity contribution in [1.82, 2.24) is 0 Å². The lowest BCUT2D eigenvalue weighted by Gasteiger charge is -2.11. The van der Waals surface area contributed by atoms with Crippen molar-refractivity contribution in [2.75, 3.05) is 11.1 Å². The maximum atomic E-state index is 11.8. The normalized spacial score (nSPS) is 12.3. The topological polar surface area (TPSA) is 95.6 Å². The van der Waals surface area contributed by atoms with Crippen molar-refractivity contribution in [2.45, 2.75) is 12.5 Å². The molecule has 0 aliphatic rings. The summed E-state index contributed by atoms with van der Waals surface area (Å²) in [6.07, 6.45) is 2.22. The van der Waals surface area contributed by atoms with Crippen molar-refractivity contribution in [3.05, 3.63) is 63.8 Å². The quantitative estimate of drug-likeness (QED) is 0.337. The van der Waals surface area contributed by atoms with Gasteiger partial charge >= 0.3 is 0 Å². The molecule has 23 heavy (non-hydrogen) atoms. The van der Waals surface area contributed by atoms with Crippen LogP contribution in [0.25, 0.3) is 0 Å². The number of aliphatic hydroxyl groups is 1. The van der Waals surface area contributed by atoms with Crippen LogP contribution in [-0.4, -0.2) is 16.1 Å². The van der Waals surface area contributed by atoms with Gasteiger partial charge in [0.1, 0.15) is 5.75 Å². The van der Waals surface area contributed by atoms with E-state index in [2.05, 4.69) is 27.9 Å². The van der Waals surface area contributed by atoms with Crippen LogP contribution in [-0.2, 0) is 4.79 Å². The van der Waals surface area contributed by atoms with Crippen LogP contribution < -0.4 is 11.1 Å². The monoisotopic (exact) mass is 424 g/mol. The number of rotatable bonds is 5. The van der Waals surface area contributed by atoms with Gasteiger partial charge in [-0.25, -0.2) is 0 Å². The number of nitrogen functional groups attached to an aromatic ring is 1. The van der Waals surface area contributed by atoms with E-state index in [0.717, 1.165) is 3.57 Å². The lowest BCUT2D eigenvalue weighted by Crippen LogP contribution is -2.09. The summed E-state index contributed by atoms with van der Waals surface area (Å²) in [5.74, 6) is -0.296. The average molecular weight is 424 g/mol. The third-order valence-electron chi connectivity index (χ3n) is 3.20. The predicted octanol–water partition coefficient (Wildman–Crippen LogP) is 3.20. The molecule has 0 aromatic heterocycles. The Morgan fingerprint density at radius 2 is 2.04 bits per heavy atom. The van der Waals surface area contributed by atoms with Gasteiger partial charge < -0.3 is 21.3 Å². The van der Waals surface area contributed by atoms with Crippen molar-refractivity contribution in [2.24, 2.45) is 0 Å². The number of hydrogen-bond donors (Lipinski definition) is 4. The number of nitrogens with one attached hydrogen (secondary N) is 1. The summed E-state index contributed by atoms with van der Waals surface area (Å²) in [5.41, 5.74) is 7.21. The number of aliphatic hydroxyl groups excluding tert-OH is 1. The first kappa shape index (κ1) is 17.3. The first-order chi connectivity index (χ1) is 11.0. The minimum Gasteiger partial charge on any atom is -0.508 e. The third-order valence-corrected chi connectivity index (χ3v) is 3.87. The maximum Gasteiger partial charge on any atom is 0.248 e. The Kier molecular flexibility index (Phi) is 6.00. The molecule has 5 nitrogen and oxygen atoms in total. The number of benzene rings is 2. The summed E-state index contributed by atoms with van der Waals surface area (Å²) in [6, 6.07) is 12.0. The minimum atomic E-state index is -0.879. The van der Waals surface area contributed by atoms with Gasteiger partial charge in [0, 0.05) is 9.13 Å². The van der Waals surface area contributed by atoms with Crippen LogP contribution in [0.5, 0.6) is 5.75 Å². The number of amides is 1. The first-order valence-corrected chi connectivity index (χ1v) is 8.03. The SMILES string of the molecule is Nc1ccccc1NC(=O)/C=C/C[C@@H](O)c1cc(I)ccc1O. The van der Waals surface area contributed by atoms with Gasteiger partial charge in [-0.05, 0) is 65.4 Å². The van der Waals surface area contributed by atoms with Gasteiger partial charge in [0.25, 0.3) is 0 Å². The Balaban J connectivity index is 1.94. The number of carbonyl (C=O) groups excluding carboxylic acids is 1. The van der Waals surface area contributed by atoms with Crippen LogP contribution in [0.4, 0.5) is 11.4 Å². The molecule has 120 valence electrons. The van der Waals surface area contributed by atoms with Crippen molar-refractivity contribution in [3.63, 3.8) is 0 Å². The molecule has 0 aliphatic carbocycles. The lowest BCUT2D eigenvalue weighted by molar-refractivity contribution is -0.111. The van der Waals surface area contributed by atoms with Gasteiger partial charge in [-0.15, -0.1) is 0 Å². The molecule has 2 aromatic rings. The van der Waals surface area contributed by atoms with Crippen molar-refractivity contribution in [3.8, 4) is 5.75 Å². The van der Waals surface area contributed by atoms with E-state index in [4.69, 9.17) is 5.73 Å². The molecule has 0 radical (unpaired) electrons. The fourth-order valence-corrected chi connectivity index (χ4v) is 2.52. The Hall–Kier alpha value is -2.06. The van der Waals surface area contributed by atoms with E-state index < -0.39 is 6.10 Å². The Morgan fingerprint density at radius 1 is 1.30 bits per heavy atom. The highest BCUT2D eigenvalue weighted by atomic mass is 127. The Bertz CT molecular complexity index is 732. The van der Waals surface area contributed by atoms with E-state index in [9.17, 15) is 15.0 Å². The smallest absolute Gasteiger partial charge is 0.248 e. The highest BCUT2D eigenvalue weighted by Gasteiger charge is 2.11. The molecule has 1 amide bonds. The van der Waals surface area contributed by atoms with E-state index in [0.29, 0.717) is 16.9 Å². The summed E-state index contributed by atoms with van der Waals surface area (Å²) in [5, 5.41) is 22.5. The molecule has 0 unspecified atom stereocenters. The first-order valence-electron chi connectivity index (χ1n) is 6.96. The van der Waals surface area contributed by atoms with E-state index >= 15 is 0 Å². The highest BCUT2D eigenvalue weighted by Crippen LogP contribution is 2.28. The molecule has 0 spiro atoms. The number of halogens is 1. The Labute approximate surface area is 148 Å². The summed E-state index contributed by atoms with van der Waals surface area (Å²) in [7, 11) is 0. The molecular weight excluding hydrogens is 407 g/mol. The molecule has 6 heteroatoms. The Morgan fingerprint density at radius 3 is 2.78 bits per heavy atom. The zero-order valence-electron chi connectivity index (χ0n) is 12.2. The molecule has 2 aromatic carbocycles. The van der Waals surface area contributed by atoms with Crippen LogP contribution in [0.2, 0.25) is 0 Å². The molecule has 5 N–H and O–H groups in total. The second kappa shape index (κ2) is 7.98. The molecule has 0 heterocycles. The maximum absolute atomic E-state index is 11.8. The highest BCUT2D eigenvalue weighted by molar-refractivity contribution is 14.1. The minimum absolute atomic E-state index is 0.0350. The van der Waals surface area contributed by atoms with Gasteiger partial charge in [-0.1, -0.05) is 18.2 Å². The van der Waals surface area contributed by atoms with Gasteiger partial charge in [-0.3, -0.25) is 4.79 Å². The number of anilines is 2. The largest absolute Gasteiger partial charge is 0.508 e. The summed E-state index contributed by atoms with van der Waals surface area (Å²) in [6.45, 7) is 0. The van der Waals surface area contributed by atoms with Crippen molar-refractivity contribution >= 4 is 39.9 Å². The van der Waals surface area contributed by atoms with Gasteiger partial charge in [0.2, 0.25) is 5.91 Å². The van der Waals surface area contributed by atoms with E-state index in [-0.39, 0.29) is 18.1 Å². The fourth-order valence-electron chi connectivity index (χ4n) is 2.01. The molecule has 1 atom stereocenters. The second-order valence-electron chi connectivity index (χ2n) is 4.93. The molecule has 0 saturated heterocycles. The number of phenolic OH excluding ortho intramolecular Hbond substituents is 1. The number of aromatic hydroxyl groups is 1. The van der Waals surface area contributed by atoms with Gasteiger partial charge in [-0.2, -0.15) is 0 Å². The van der Waals surface area contributed by atoms with E-state index in [1.807, 2.05) is 0 Å². The number of carbonyl (C=O) groups is 1. The van der Waals surface area contributed by atoms with Crippen LogP contribution in [0.3, 0.4) is 0 Å². The fraction of sp³-hybridized carbons (Fsp3) is 0.118. The predicted molar refractivity (Wildman–Crippen MR) is 99.0 cm³/mol. The van der Waals surface area contributed by atoms with Crippen molar-refractivity contribution in [1.29, 1.82) is 0 Å². The average Bonchev–Trinajstić information content (AvgIpc) is 2.52. The van der Waals surface area contributed by atoms with Crippen LogP contribution >= 0.6 is 22.6 Å². The zero-order valence-corrected chi connectivity index (χ0v) is 14.4. The van der Waals surface area contributed by atoms with Crippen molar-refractivity contribution < 1.29 is 15.0 Å². The van der Waals surface area contributed by atoms with Gasteiger partial charge in [0.15, 0.2) is 0 Å². The number of para-hydroxylation sites is 2. The standard InChI is InChI=1S/C17H17IN2O3/c18-11-8-9-16(22)12(10-11)15(21)6-3-7-17(23)20-14-5-2-1-4-13(14)19/h1-5,7-10,15,21-22H,6,19H2,(H,20,23)/b7-3+/t15-/m1/s1. The van der Waals surface area contributed by atoms with Crippen LogP contribution in [0.1, 0.15) is 18.1 Å². The molecular formula is C17H17IN2O3. The number of nitrogens with two attached hydrogens (primary N) is 1. The second-order valence-corrected chi connectivity index (χ2v) is 6.18. The molecule has 0 saturated carbocycles. The summed E-state index contributed by atoms with van der Waals surface area (Å²) >= 11 is 2.10. The third kappa shape index (κ3) is 4.97. The van der Waals surface area contributed by atoms with Crippen LogP contribution in [0.15, 0.2) is 54.6 Å². The number of hydrogen-bond acceptors (Lipinski definition) is 4. The molecule has 0 aliphatic heterocycles. The summed E-state index contributed by atoms with van der Waals surface area (Å²) < 4.78 is 0.913. The van der Waals surface area contributed by atoms with E-state index in [1.54, 1.807) is 42.5 Å². The van der Waals surface area contributed by atoms with Gasteiger partial charge in [0.05, 0.1) is 17.5 Å². The molecule has 2 rings (SSSR count). The number of phenols is 1. The zero-order chi connectivity index (χ0) is 16.8. The lowest BCUT2D eigenvalue weighted by atomic mass is 10.1. The summed E-state index contributed by atoms with van der Waals surface area (Å²) in [4.78, 5) is 11.8. The molecule has 0 fully saturated rings. The van der Waals surface area contributed by atoms with E-state index in [1.165, 1.54) is 12.1 Å². The molecule has 0 bridgehead atoms. The van der Waals surface area contributed by atoms with Crippen LogP contribution in [0, 0.1) is 3.57 Å².